The van der Waals surface area contributed by atoms with Crippen LogP contribution in [-0.4, -0.2) is 40.4 Å². The zero-order valence-electron chi connectivity index (χ0n) is 18.4. The van der Waals surface area contributed by atoms with Gasteiger partial charge in [-0.25, -0.2) is 19.0 Å². The second-order valence-corrected chi connectivity index (χ2v) is 9.00. The Morgan fingerprint density at radius 1 is 1.34 bits per heavy atom. The first-order valence-electron chi connectivity index (χ1n) is 10.2. The lowest BCUT2D eigenvalue weighted by Gasteiger charge is -2.34. The van der Waals surface area contributed by atoms with Crippen LogP contribution in [0.3, 0.4) is 0 Å². The Labute approximate surface area is 190 Å². The van der Waals surface area contributed by atoms with E-state index in [2.05, 4.69) is 15.1 Å². The summed E-state index contributed by atoms with van der Waals surface area (Å²) in [5, 5.41) is 2.76. The molecule has 0 unspecified atom stereocenters. The number of benzene rings is 1. The molecule has 2 heterocycles. The van der Waals surface area contributed by atoms with Crippen molar-refractivity contribution >= 4 is 29.3 Å². The largest absolute Gasteiger partial charge is 0.444 e. The molecule has 0 aliphatic carbocycles. The van der Waals surface area contributed by atoms with Crippen LogP contribution in [-0.2, 0) is 11.8 Å². The van der Waals surface area contributed by atoms with Crippen molar-refractivity contribution in [3.63, 3.8) is 0 Å². The lowest BCUT2D eigenvalue weighted by atomic mass is 10.1. The van der Waals surface area contributed by atoms with E-state index in [9.17, 15) is 14.0 Å². The summed E-state index contributed by atoms with van der Waals surface area (Å²) in [6.45, 7) is 13.5. The summed E-state index contributed by atoms with van der Waals surface area (Å²) < 4.78 is 20.8. The lowest BCUT2D eigenvalue weighted by Crippen LogP contribution is -2.47. The van der Waals surface area contributed by atoms with E-state index in [4.69, 9.17) is 22.9 Å². The fourth-order valence-electron chi connectivity index (χ4n) is 3.48. The van der Waals surface area contributed by atoms with E-state index in [0.717, 1.165) is 6.07 Å². The maximum absolute atomic E-state index is 14.1. The Morgan fingerprint density at radius 3 is 2.56 bits per heavy atom. The fraction of sp³-hybridized carbons (Fsp3) is 0.455. The number of halogens is 2. The van der Waals surface area contributed by atoms with E-state index in [-0.39, 0.29) is 22.4 Å². The van der Waals surface area contributed by atoms with Gasteiger partial charge in [-0.15, -0.1) is 0 Å². The normalized spacial score (nSPS) is 14.7. The second kappa shape index (κ2) is 9.17. The molecule has 1 amide bonds. The van der Waals surface area contributed by atoms with Crippen LogP contribution in [0.1, 0.15) is 33.6 Å². The van der Waals surface area contributed by atoms with E-state index in [1.807, 2.05) is 4.90 Å². The highest BCUT2D eigenvalue weighted by Gasteiger charge is 2.26. The molecule has 1 aromatic carbocycles. The maximum atomic E-state index is 14.1. The first-order chi connectivity index (χ1) is 15.0. The molecule has 10 heteroatoms. The summed E-state index contributed by atoms with van der Waals surface area (Å²) >= 11 is 6.24. The standard InChI is InChI=1S/C22H25ClFN5O3/c1-22(2,3)32-21(31)26-14-8-10-29(11-9-14)20-27-18(17(23)19(30)28(20)5)13-6-7-16(25-4)15(24)12-13/h6-7,12,14H,8-11H2,1-3,5H3,(H,26,31). The summed E-state index contributed by atoms with van der Waals surface area (Å²) in [5.41, 5.74) is -0.655. The van der Waals surface area contributed by atoms with Crippen LogP contribution in [0.25, 0.3) is 16.1 Å². The zero-order valence-corrected chi connectivity index (χ0v) is 19.2. The van der Waals surface area contributed by atoms with Crippen molar-refractivity contribution in [2.24, 2.45) is 7.05 Å². The van der Waals surface area contributed by atoms with Crippen LogP contribution < -0.4 is 15.8 Å². The number of rotatable bonds is 3. The smallest absolute Gasteiger partial charge is 0.407 e. The number of hydrogen-bond acceptors (Lipinski definition) is 5. The van der Waals surface area contributed by atoms with Crippen LogP contribution in [0.2, 0.25) is 5.02 Å². The minimum absolute atomic E-state index is 0.0554. The number of carbonyl (C=O) groups excluding carboxylic acids is 1. The predicted octanol–water partition coefficient (Wildman–Crippen LogP) is 4.28. The average molecular weight is 462 g/mol. The van der Waals surface area contributed by atoms with E-state index >= 15 is 0 Å². The molecule has 0 radical (unpaired) electrons. The van der Waals surface area contributed by atoms with Gasteiger partial charge in [0.05, 0.1) is 12.3 Å². The first-order valence-corrected chi connectivity index (χ1v) is 10.6. The van der Waals surface area contributed by atoms with Crippen molar-refractivity contribution in [3.05, 3.63) is 50.8 Å². The maximum Gasteiger partial charge on any atom is 0.407 e. The first kappa shape index (κ1) is 23.5. The molecule has 0 atom stereocenters. The zero-order chi connectivity index (χ0) is 23.6. The fourth-order valence-corrected chi connectivity index (χ4v) is 3.76. The Hall–Kier alpha value is -3.12. The molecule has 1 aromatic heterocycles. The van der Waals surface area contributed by atoms with E-state index in [1.165, 1.54) is 16.7 Å². The summed E-state index contributed by atoms with van der Waals surface area (Å²) in [4.78, 5) is 34.3. The molecule has 8 nitrogen and oxygen atoms in total. The molecule has 1 aliphatic heterocycles. The van der Waals surface area contributed by atoms with Gasteiger partial charge in [0, 0.05) is 31.7 Å². The molecule has 3 rings (SSSR count). The number of alkyl carbamates (subject to hydrolysis) is 1. The number of nitrogens with zero attached hydrogens (tertiary/aromatic N) is 4. The number of anilines is 1. The molecule has 170 valence electrons. The lowest BCUT2D eigenvalue weighted by molar-refractivity contribution is 0.0497. The van der Waals surface area contributed by atoms with Crippen molar-refractivity contribution < 1.29 is 13.9 Å². The number of nitrogens with one attached hydrogen (secondary N) is 1. The van der Waals surface area contributed by atoms with Crippen molar-refractivity contribution in [3.8, 4) is 11.3 Å². The molecule has 0 saturated carbocycles. The topological polar surface area (TPSA) is 80.8 Å². The third kappa shape index (κ3) is 5.19. The van der Waals surface area contributed by atoms with Gasteiger partial charge in [0.1, 0.15) is 16.4 Å². The summed E-state index contributed by atoms with van der Waals surface area (Å²) in [7, 11) is 1.58. The van der Waals surface area contributed by atoms with Gasteiger partial charge < -0.3 is 15.0 Å². The Balaban J connectivity index is 1.81. The number of ether oxygens (including phenoxy) is 1. The van der Waals surface area contributed by atoms with E-state index in [0.29, 0.717) is 37.4 Å². The molecule has 1 aliphatic rings. The quantitative estimate of drug-likeness (QED) is 0.690. The number of piperidine rings is 1. The molecular formula is C22H25ClFN5O3. The van der Waals surface area contributed by atoms with Gasteiger partial charge in [0.2, 0.25) is 11.6 Å². The predicted molar refractivity (Wildman–Crippen MR) is 121 cm³/mol. The number of amides is 1. The third-order valence-electron chi connectivity index (χ3n) is 5.05. The monoisotopic (exact) mass is 461 g/mol. The van der Waals surface area contributed by atoms with E-state index < -0.39 is 23.1 Å². The Bertz CT molecular complexity index is 1130. The van der Waals surface area contributed by atoms with Gasteiger partial charge in [-0.2, -0.15) is 0 Å². The Morgan fingerprint density at radius 2 is 2.00 bits per heavy atom. The highest BCUT2D eigenvalue weighted by molar-refractivity contribution is 6.32. The summed E-state index contributed by atoms with van der Waals surface area (Å²) in [6.07, 6.45) is 0.822. The van der Waals surface area contributed by atoms with Crippen molar-refractivity contribution in [2.75, 3.05) is 18.0 Å². The molecule has 2 aromatic rings. The van der Waals surface area contributed by atoms with Crippen LogP contribution in [0, 0.1) is 12.4 Å². The van der Waals surface area contributed by atoms with Gasteiger partial charge in [-0.1, -0.05) is 23.7 Å². The highest BCUT2D eigenvalue weighted by Crippen LogP contribution is 2.30. The minimum atomic E-state index is -0.702. The molecular weight excluding hydrogens is 437 g/mol. The third-order valence-corrected chi connectivity index (χ3v) is 5.39. The number of hydrogen-bond donors (Lipinski definition) is 1. The van der Waals surface area contributed by atoms with Crippen LogP contribution >= 0.6 is 11.6 Å². The number of aromatic nitrogens is 2. The van der Waals surface area contributed by atoms with Crippen molar-refractivity contribution in [1.82, 2.24) is 14.9 Å². The van der Waals surface area contributed by atoms with Crippen molar-refractivity contribution in [2.45, 2.75) is 45.3 Å². The van der Waals surface area contributed by atoms with Gasteiger partial charge in [-0.3, -0.25) is 9.36 Å². The van der Waals surface area contributed by atoms with Gasteiger partial charge in [-0.05, 0) is 39.7 Å². The van der Waals surface area contributed by atoms with Gasteiger partial charge >= 0.3 is 6.09 Å². The molecule has 32 heavy (non-hydrogen) atoms. The summed E-state index contributed by atoms with van der Waals surface area (Å²) in [6, 6.07) is 3.95. The van der Waals surface area contributed by atoms with Crippen molar-refractivity contribution in [1.29, 1.82) is 0 Å². The summed E-state index contributed by atoms with van der Waals surface area (Å²) in [5.74, 6) is -0.300. The highest BCUT2D eigenvalue weighted by atomic mass is 35.5. The molecule has 1 fully saturated rings. The molecule has 0 bridgehead atoms. The molecule has 1 N–H and O–H groups in total. The molecule has 0 spiro atoms. The average Bonchev–Trinajstić information content (AvgIpc) is 2.71. The van der Waals surface area contributed by atoms with E-state index in [1.54, 1.807) is 27.8 Å². The van der Waals surface area contributed by atoms with Gasteiger partial charge in [0.15, 0.2) is 0 Å². The minimum Gasteiger partial charge on any atom is -0.444 e. The van der Waals surface area contributed by atoms with Crippen LogP contribution in [0.5, 0.6) is 0 Å². The number of carbonyl (C=O) groups is 1. The van der Waals surface area contributed by atoms with Crippen LogP contribution in [0.4, 0.5) is 20.8 Å². The van der Waals surface area contributed by atoms with Crippen LogP contribution in [0.15, 0.2) is 23.0 Å². The molecule has 1 saturated heterocycles. The SMILES string of the molecule is [C-]#[N+]c1ccc(-c2nc(N3CCC(NC(=O)OC(C)(C)C)CC3)n(C)c(=O)c2Cl)cc1F. The second-order valence-electron chi connectivity index (χ2n) is 8.62. The Kier molecular flexibility index (Phi) is 6.74. The van der Waals surface area contributed by atoms with Gasteiger partial charge in [0.25, 0.3) is 5.56 Å².